The van der Waals surface area contributed by atoms with Gasteiger partial charge in [-0.2, -0.15) is 0 Å². The van der Waals surface area contributed by atoms with E-state index in [4.69, 9.17) is 0 Å². The number of likely N-dealkylation sites (N-methyl/N-ethyl adjacent to an activating group) is 2. The highest BCUT2D eigenvalue weighted by atomic mass is 19.1. The predicted octanol–water partition coefficient (Wildman–Crippen LogP) is 5.12. The SMILES string of the molecule is CN1C(=O)[C@@H](NC(=O)c2nnc(Cc3ccc(-c4ccc5c(c4)[C@@H](F)C[C@@H](NC(=O)c4nnc(Cc6ccccc6)[nH]4)C(=O)N5C)cc3)[nH]2)C[C@@H](F)c2ccccc21. The molecule has 8 rings (SSSR count). The number of H-pyrrole nitrogens is 2. The number of carbonyl (C=O) groups excluding carboxylic acids is 4. The van der Waals surface area contributed by atoms with Crippen LogP contribution in [0.5, 0.6) is 0 Å². The number of nitrogens with zero attached hydrogens (tertiary/aromatic N) is 6. The fourth-order valence-electron chi connectivity index (χ4n) is 7.37. The first-order chi connectivity index (χ1) is 28.0. The first kappa shape index (κ1) is 37.8. The van der Waals surface area contributed by atoms with Gasteiger partial charge in [-0.15, -0.1) is 20.4 Å². The van der Waals surface area contributed by atoms with Crippen LogP contribution in [0.2, 0.25) is 0 Å². The average Bonchev–Trinajstić information content (AvgIpc) is 3.89. The number of aromatic amines is 2. The van der Waals surface area contributed by atoms with E-state index < -0.39 is 48.1 Å². The van der Waals surface area contributed by atoms with Gasteiger partial charge < -0.3 is 30.4 Å². The molecule has 2 aromatic heterocycles. The van der Waals surface area contributed by atoms with Crippen molar-refractivity contribution in [2.45, 2.75) is 50.1 Å². The zero-order valence-corrected chi connectivity index (χ0v) is 31.4. The average molecular weight is 785 g/mol. The number of hydrogen-bond acceptors (Lipinski definition) is 8. The quantitative estimate of drug-likeness (QED) is 0.156. The van der Waals surface area contributed by atoms with Gasteiger partial charge in [-0.05, 0) is 40.5 Å². The molecule has 4 N–H and O–H groups in total. The van der Waals surface area contributed by atoms with Crippen molar-refractivity contribution in [2.24, 2.45) is 0 Å². The molecular weight excluding hydrogens is 747 g/mol. The number of hydrogen-bond donors (Lipinski definition) is 4. The Kier molecular flexibility index (Phi) is 10.3. The summed E-state index contributed by atoms with van der Waals surface area (Å²) in [6.45, 7) is 0. The normalized spacial score (nSPS) is 19.2. The van der Waals surface area contributed by atoms with Gasteiger partial charge in [0.25, 0.3) is 11.8 Å². The second-order valence-electron chi connectivity index (χ2n) is 14.4. The van der Waals surface area contributed by atoms with Gasteiger partial charge >= 0.3 is 0 Å². The molecule has 0 aliphatic carbocycles. The molecule has 0 saturated heterocycles. The number of alkyl halides is 2. The summed E-state index contributed by atoms with van der Waals surface area (Å²) < 4.78 is 31.1. The van der Waals surface area contributed by atoms with Crippen LogP contribution in [-0.4, -0.2) is 80.2 Å². The number of carbonyl (C=O) groups is 4. The minimum atomic E-state index is -1.56. The third-order valence-corrected chi connectivity index (χ3v) is 10.5. The summed E-state index contributed by atoms with van der Waals surface area (Å²) in [5.74, 6) is -1.55. The molecule has 58 heavy (non-hydrogen) atoms. The highest BCUT2D eigenvalue weighted by Gasteiger charge is 2.36. The van der Waals surface area contributed by atoms with E-state index in [1.165, 1.54) is 9.80 Å². The summed E-state index contributed by atoms with van der Waals surface area (Å²) >= 11 is 0. The first-order valence-electron chi connectivity index (χ1n) is 18.7. The molecule has 14 nitrogen and oxygen atoms in total. The Morgan fingerprint density at radius 1 is 0.621 bits per heavy atom. The van der Waals surface area contributed by atoms with E-state index in [1.54, 1.807) is 56.6 Å². The van der Waals surface area contributed by atoms with Crippen molar-refractivity contribution < 1.29 is 28.0 Å². The van der Waals surface area contributed by atoms with Crippen LogP contribution in [0.1, 0.15) is 80.3 Å². The van der Waals surface area contributed by atoms with E-state index in [2.05, 4.69) is 41.0 Å². The van der Waals surface area contributed by atoms with Crippen molar-refractivity contribution in [2.75, 3.05) is 23.9 Å². The zero-order chi connectivity index (χ0) is 40.5. The standard InChI is InChI=1S/C42H38F2N10O4/c1-53-33-11-7-6-10-27(33)29(43)21-31(41(53)57)45-39(55)38-48-36(50-52-38)19-24-12-14-25(15-13-24)26-16-17-34-28(20-26)30(44)22-32(42(58)54(34)2)46-40(56)37-47-35(49-51-37)18-23-8-4-3-5-9-23/h3-17,20,29-32H,18-19,21-22H2,1-2H3,(H,45,55)(H,46,56)(H,47,49,51)(H,48,50,52)/t29-,30+,31+,32-/m1/s1. The van der Waals surface area contributed by atoms with Crippen LogP contribution < -0.4 is 20.4 Å². The van der Waals surface area contributed by atoms with Crippen LogP contribution in [0.15, 0.2) is 97.1 Å². The Balaban J connectivity index is 0.896. The van der Waals surface area contributed by atoms with Crippen molar-refractivity contribution in [3.8, 4) is 11.1 Å². The maximum Gasteiger partial charge on any atom is 0.289 e. The molecule has 2 aliphatic heterocycles. The molecular formula is C42H38F2N10O4. The Labute approximate surface area is 331 Å². The van der Waals surface area contributed by atoms with E-state index in [9.17, 15) is 19.2 Å². The van der Waals surface area contributed by atoms with Crippen molar-refractivity contribution in [1.29, 1.82) is 0 Å². The molecule has 4 atom stereocenters. The number of halogens is 2. The highest BCUT2D eigenvalue weighted by molar-refractivity contribution is 6.03. The lowest BCUT2D eigenvalue weighted by Gasteiger charge is -2.21. The van der Waals surface area contributed by atoms with E-state index in [-0.39, 0.29) is 24.5 Å². The van der Waals surface area contributed by atoms with Crippen molar-refractivity contribution in [3.63, 3.8) is 0 Å². The molecule has 4 amide bonds. The summed E-state index contributed by atoms with van der Waals surface area (Å²) in [6.07, 6.45) is -2.77. The number of amides is 4. The van der Waals surface area contributed by atoms with Gasteiger partial charge in [0.05, 0.1) is 0 Å². The van der Waals surface area contributed by atoms with Crippen molar-refractivity contribution in [3.05, 3.63) is 143 Å². The van der Waals surface area contributed by atoms with Crippen LogP contribution in [0.4, 0.5) is 20.2 Å². The minimum absolute atomic E-state index is 0.0706. The second-order valence-corrected chi connectivity index (χ2v) is 14.4. The van der Waals surface area contributed by atoms with Crippen LogP contribution in [0.25, 0.3) is 11.1 Å². The molecule has 2 aliphatic rings. The van der Waals surface area contributed by atoms with Gasteiger partial charge in [-0.25, -0.2) is 8.78 Å². The molecule has 0 spiro atoms. The molecule has 4 aromatic carbocycles. The molecule has 0 bridgehead atoms. The van der Waals surface area contributed by atoms with Crippen LogP contribution in [0, 0.1) is 0 Å². The van der Waals surface area contributed by atoms with Gasteiger partial charge in [0.1, 0.15) is 36.1 Å². The number of anilines is 2. The van der Waals surface area contributed by atoms with Crippen LogP contribution >= 0.6 is 0 Å². The Morgan fingerprint density at radius 3 is 1.69 bits per heavy atom. The van der Waals surface area contributed by atoms with Gasteiger partial charge in [0, 0.05) is 62.3 Å². The second kappa shape index (κ2) is 15.8. The molecule has 0 saturated carbocycles. The van der Waals surface area contributed by atoms with Gasteiger partial charge in [0.2, 0.25) is 23.5 Å². The van der Waals surface area contributed by atoms with Crippen LogP contribution in [0.3, 0.4) is 0 Å². The number of aromatic nitrogens is 6. The molecule has 0 radical (unpaired) electrons. The predicted molar refractivity (Wildman–Crippen MR) is 209 cm³/mol. The Hall–Kier alpha value is -7.10. The maximum absolute atomic E-state index is 16.0. The number of para-hydroxylation sites is 1. The first-order valence-corrected chi connectivity index (χ1v) is 18.7. The summed E-state index contributed by atoms with van der Waals surface area (Å²) in [7, 11) is 3.09. The molecule has 16 heteroatoms. The lowest BCUT2D eigenvalue weighted by atomic mass is 9.97. The minimum Gasteiger partial charge on any atom is -0.337 e. The number of fused-ring (bicyclic) bond motifs is 2. The van der Waals surface area contributed by atoms with Gasteiger partial charge in [-0.3, -0.25) is 19.2 Å². The number of benzene rings is 4. The summed E-state index contributed by atoms with van der Waals surface area (Å²) in [5.41, 5.74) is 4.89. The van der Waals surface area contributed by atoms with Gasteiger partial charge in [0.15, 0.2) is 0 Å². The molecule has 0 unspecified atom stereocenters. The summed E-state index contributed by atoms with van der Waals surface area (Å²) in [6, 6.07) is 26.7. The lowest BCUT2D eigenvalue weighted by Crippen LogP contribution is -2.47. The number of rotatable bonds is 9. The van der Waals surface area contributed by atoms with Crippen LogP contribution in [-0.2, 0) is 22.4 Å². The molecule has 294 valence electrons. The van der Waals surface area contributed by atoms with E-state index in [1.807, 2.05) is 54.6 Å². The third kappa shape index (κ3) is 7.68. The summed E-state index contributed by atoms with van der Waals surface area (Å²) in [5, 5.41) is 21.3. The molecule has 6 aromatic rings. The molecule has 0 fully saturated rings. The highest BCUT2D eigenvalue weighted by Crippen LogP contribution is 2.38. The van der Waals surface area contributed by atoms with Crippen molar-refractivity contribution in [1.82, 2.24) is 41.0 Å². The lowest BCUT2D eigenvalue weighted by molar-refractivity contribution is -0.121. The topological polar surface area (TPSA) is 182 Å². The monoisotopic (exact) mass is 784 g/mol. The van der Waals surface area contributed by atoms with E-state index in [0.717, 1.165) is 22.3 Å². The maximum atomic E-state index is 16.0. The zero-order valence-electron chi connectivity index (χ0n) is 31.4. The largest absolute Gasteiger partial charge is 0.337 e. The molecule has 4 heterocycles. The fourth-order valence-corrected chi connectivity index (χ4v) is 7.37. The van der Waals surface area contributed by atoms with E-state index >= 15 is 8.78 Å². The van der Waals surface area contributed by atoms with Crippen molar-refractivity contribution >= 4 is 35.0 Å². The Morgan fingerprint density at radius 2 is 1.10 bits per heavy atom. The summed E-state index contributed by atoms with van der Waals surface area (Å²) in [4.78, 5) is 61.2. The smallest absolute Gasteiger partial charge is 0.289 e. The van der Waals surface area contributed by atoms with Gasteiger partial charge in [-0.1, -0.05) is 78.9 Å². The fraction of sp³-hybridized carbons (Fsp3) is 0.238. The number of nitrogens with one attached hydrogen (secondary N) is 4. The Bertz CT molecular complexity index is 2510. The van der Waals surface area contributed by atoms with E-state index in [0.29, 0.717) is 47.0 Å². The third-order valence-electron chi connectivity index (χ3n) is 10.5.